The number of guanidine groups is 1. The summed E-state index contributed by atoms with van der Waals surface area (Å²) in [5.74, 6) is -4.40. The fraction of sp³-hybridized carbons (Fsp3) is 0.739. The lowest BCUT2D eigenvalue weighted by atomic mass is 9.96. The summed E-state index contributed by atoms with van der Waals surface area (Å²) in [5.41, 5.74) is 27.1. The number of nitrogens with zero attached hydrogens (tertiary/aromatic N) is 1. The monoisotopic (exact) mass is 543 g/mol. The summed E-state index contributed by atoms with van der Waals surface area (Å²) in [6.45, 7) is 4.19. The standard InChI is InChI=1S/C23H45N9O6/c1-3-13(2)18(21(36)31-16(22(37)38)8-4-5-11-24)32-20(35)15(9-10-17(26)33)30-19(34)14(25)7-6-12-29-23(27)28/h13-16,18H,3-12,24-25H2,1-2H3,(H2,26,33)(H,30,34)(H,31,36)(H,32,35)(H,37,38)(H4,27,28,29). The molecule has 0 aromatic carbocycles. The molecule has 0 aliphatic heterocycles. The van der Waals surface area contributed by atoms with E-state index in [1.807, 2.05) is 0 Å². The Morgan fingerprint density at radius 3 is 2.00 bits per heavy atom. The zero-order chi connectivity index (χ0) is 29.3. The third-order valence-corrected chi connectivity index (χ3v) is 5.97. The first-order valence-corrected chi connectivity index (χ1v) is 12.8. The number of primary amides is 1. The van der Waals surface area contributed by atoms with Gasteiger partial charge in [-0.1, -0.05) is 20.3 Å². The first-order valence-electron chi connectivity index (χ1n) is 12.8. The molecular weight excluding hydrogens is 498 g/mol. The van der Waals surface area contributed by atoms with Crippen LogP contribution in [-0.2, 0) is 24.0 Å². The Hall–Kier alpha value is -3.46. The quantitative estimate of drug-likeness (QED) is 0.0436. The lowest BCUT2D eigenvalue weighted by molar-refractivity contribution is -0.143. The van der Waals surface area contributed by atoms with E-state index in [-0.39, 0.29) is 44.1 Å². The number of aliphatic imine (C=N–C) groups is 1. The molecule has 0 bridgehead atoms. The lowest BCUT2D eigenvalue weighted by Crippen LogP contribution is -2.58. The number of rotatable bonds is 20. The van der Waals surface area contributed by atoms with Gasteiger partial charge < -0.3 is 49.7 Å². The van der Waals surface area contributed by atoms with E-state index < -0.39 is 53.8 Å². The van der Waals surface area contributed by atoms with Gasteiger partial charge in [-0.3, -0.25) is 24.2 Å². The van der Waals surface area contributed by atoms with Gasteiger partial charge in [-0.05, 0) is 51.0 Å². The highest BCUT2D eigenvalue weighted by Gasteiger charge is 2.32. The Morgan fingerprint density at radius 2 is 1.47 bits per heavy atom. The van der Waals surface area contributed by atoms with Gasteiger partial charge in [-0.25, -0.2) is 4.79 Å². The van der Waals surface area contributed by atoms with Crippen LogP contribution in [0.3, 0.4) is 0 Å². The van der Waals surface area contributed by atoms with Crippen LogP contribution in [0.15, 0.2) is 4.99 Å². The maximum absolute atomic E-state index is 13.1. The van der Waals surface area contributed by atoms with E-state index in [0.29, 0.717) is 32.2 Å². The second-order valence-corrected chi connectivity index (χ2v) is 9.18. The summed E-state index contributed by atoms with van der Waals surface area (Å²) in [6.07, 6.45) is 2.08. The van der Waals surface area contributed by atoms with E-state index in [0.717, 1.165) is 0 Å². The zero-order valence-electron chi connectivity index (χ0n) is 22.3. The molecule has 0 saturated heterocycles. The zero-order valence-corrected chi connectivity index (χ0v) is 22.3. The van der Waals surface area contributed by atoms with E-state index >= 15 is 0 Å². The second-order valence-electron chi connectivity index (χ2n) is 9.18. The highest BCUT2D eigenvalue weighted by molar-refractivity contribution is 5.94. The molecule has 218 valence electrons. The molecule has 15 heteroatoms. The maximum Gasteiger partial charge on any atom is 0.326 e. The minimum atomic E-state index is -1.21. The Balaban J connectivity index is 5.50. The molecule has 38 heavy (non-hydrogen) atoms. The van der Waals surface area contributed by atoms with Crippen LogP contribution in [0.5, 0.6) is 0 Å². The van der Waals surface area contributed by atoms with Crippen LogP contribution in [-0.4, -0.2) is 77.9 Å². The van der Waals surface area contributed by atoms with Gasteiger partial charge in [0.05, 0.1) is 6.04 Å². The molecule has 0 aliphatic rings. The normalized spacial score (nSPS) is 14.7. The number of nitrogens with two attached hydrogens (primary N) is 5. The predicted molar refractivity (Wildman–Crippen MR) is 142 cm³/mol. The van der Waals surface area contributed by atoms with Crippen molar-refractivity contribution in [2.24, 2.45) is 39.6 Å². The van der Waals surface area contributed by atoms with Gasteiger partial charge in [-0.2, -0.15) is 0 Å². The van der Waals surface area contributed by atoms with E-state index in [4.69, 9.17) is 28.7 Å². The van der Waals surface area contributed by atoms with E-state index in [2.05, 4.69) is 20.9 Å². The minimum absolute atomic E-state index is 0.0867. The van der Waals surface area contributed by atoms with Gasteiger partial charge in [0.15, 0.2) is 5.96 Å². The Kier molecular flexibility index (Phi) is 17.0. The summed E-state index contributed by atoms with van der Waals surface area (Å²) in [6, 6.07) is -4.44. The van der Waals surface area contributed by atoms with Crippen molar-refractivity contribution in [3.05, 3.63) is 0 Å². The molecule has 4 amide bonds. The van der Waals surface area contributed by atoms with Crippen molar-refractivity contribution in [1.82, 2.24) is 16.0 Å². The van der Waals surface area contributed by atoms with Crippen molar-refractivity contribution in [2.75, 3.05) is 13.1 Å². The third-order valence-electron chi connectivity index (χ3n) is 5.97. The highest BCUT2D eigenvalue weighted by Crippen LogP contribution is 2.11. The molecule has 0 fully saturated rings. The number of unbranched alkanes of at least 4 members (excludes halogenated alkanes) is 1. The highest BCUT2D eigenvalue weighted by atomic mass is 16.4. The Bertz CT molecular complexity index is 819. The molecule has 14 N–H and O–H groups in total. The maximum atomic E-state index is 13.1. The van der Waals surface area contributed by atoms with Crippen LogP contribution >= 0.6 is 0 Å². The van der Waals surface area contributed by atoms with Crippen LogP contribution in [0.4, 0.5) is 0 Å². The van der Waals surface area contributed by atoms with Gasteiger partial charge in [-0.15, -0.1) is 0 Å². The molecule has 15 nitrogen and oxygen atoms in total. The van der Waals surface area contributed by atoms with Crippen LogP contribution < -0.4 is 44.6 Å². The smallest absolute Gasteiger partial charge is 0.326 e. The van der Waals surface area contributed by atoms with Crippen molar-refractivity contribution in [2.45, 2.75) is 89.4 Å². The van der Waals surface area contributed by atoms with Crippen molar-refractivity contribution >= 4 is 35.6 Å². The van der Waals surface area contributed by atoms with Gasteiger partial charge in [0.2, 0.25) is 23.6 Å². The summed E-state index contributed by atoms with van der Waals surface area (Å²) in [7, 11) is 0. The second kappa shape index (κ2) is 18.7. The number of aliphatic carboxylic acids is 1. The van der Waals surface area contributed by atoms with Crippen LogP contribution in [0, 0.1) is 5.92 Å². The first kappa shape index (κ1) is 34.5. The average molecular weight is 544 g/mol. The SMILES string of the molecule is CCC(C)C(NC(=O)C(CCC(N)=O)NC(=O)C(N)CCCN=C(N)N)C(=O)NC(CCCCN)C(=O)O. The Labute approximate surface area is 223 Å². The van der Waals surface area contributed by atoms with Crippen molar-refractivity contribution in [1.29, 1.82) is 0 Å². The fourth-order valence-electron chi connectivity index (χ4n) is 3.45. The fourth-order valence-corrected chi connectivity index (χ4v) is 3.45. The Morgan fingerprint density at radius 1 is 0.842 bits per heavy atom. The molecule has 0 radical (unpaired) electrons. The number of carboxylic acid groups (broad SMARTS) is 1. The number of carbonyl (C=O) groups is 5. The number of carboxylic acids is 1. The summed E-state index contributed by atoms with van der Waals surface area (Å²) in [5, 5.41) is 17.1. The van der Waals surface area contributed by atoms with Gasteiger partial charge >= 0.3 is 5.97 Å². The van der Waals surface area contributed by atoms with Crippen molar-refractivity contribution in [3.63, 3.8) is 0 Å². The van der Waals surface area contributed by atoms with Gasteiger partial charge in [0, 0.05) is 13.0 Å². The minimum Gasteiger partial charge on any atom is -0.480 e. The number of carbonyl (C=O) groups excluding carboxylic acids is 4. The molecule has 0 aromatic rings. The molecule has 0 aromatic heterocycles. The molecule has 5 atom stereocenters. The van der Waals surface area contributed by atoms with Gasteiger partial charge in [0.1, 0.15) is 18.1 Å². The molecule has 0 saturated carbocycles. The molecule has 0 heterocycles. The predicted octanol–water partition coefficient (Wildman–Crippen LogP) is -2.65. The molecule has 0 rings (SSSR count). The molecule has 0 spiro atoms. The third kappa shape index (κ3) is 14.3. The van der Waals surface area contributed by atoms with E-state index in [9.17, 15) is 29.1 Å². The average Bonchev–Trinajstić information content (AvgIpc) is 2.85. The molecule has 5 unspecified atom stereocenters. The number of nitrogens with one attached hydrogen (secondary N) is 3. The largest absolute Gasteiger partial charge is 0.480 e. The lowest BCUT2D eigenvalue weighted by Gasteiger charge is -2.28. The van der Waals surface area contributed by atoms with Gasteiger partial charge in [0.25, 0.3) is 0 Å². The van der Waals surface area contributed by atoms with Crippen LogP contribution in [0.1, 0.15) is 65.2 Å². The number of amides is 4. The summed E-state index contributed by atoms with van der Waals surface area (Å²) < 4.78 is 0. The van der Waals surface area contributed by atoms with Crippen molar-refractivity contribution in [3.8, 4) is 0 Å². The van der Waals surface area contributed by atoms with Crippen LogP contribution in [0.2, 0.25) is 0 Å². The summed E-state index contributed by atoms with van der Waals surface area (Å²) in [4.78, 5) is 65.6. The molecular formula is C23H45N9O6. The van der Waals surface area contributed by atoms with E-state index in [1.165, 1.54) is 0 Å². The molecule has 0 aliphatic carbocycles. The van der Waals surface area contributed by atoms with E-state index in [1.54, 1.807) is 13.8 Å². The summed E-state index contributed by atoms with van der Waals surface area (Å²) >= 11 is 0. The topological polar surface area (TPSA) is 284 Å². The first-order chi connectivity index (χ1) is 17.8. The van der Waals surface area contributed by atoms with Crippen molar-refractivity contribution < 1.29 is 29.1 Å². The number of hydrogen-bond donors (Lipinski definition) is 9. The number of hydrogen-bond acceptors (Lipinski definition) is 8. The van der Waals surface area contributed by atoms with Crippen LogP contribution in [0.25, 0.3) is 0 Å².